The van der Waals surface area contributed by atoms with Gasteiger partial charge in [-0.25, -0.2) is 4.79 Å². The lowest BCUT2D eigenvalue weighted by molar-refractivity contribution is -0.138. The van der Waals surface area contributed by atoms with Crippen molar-refractivity contribution in [3.05, 3.63) is 23.5 Å². The number of hydrogen-bond donors (Lipinski definition) is 1. The number of hydrogen-bond acceptors (Lipinski definition) is 4. The zero-order valence-electron chi connectivity index (χ0n) is 10.9. The largest absolute Gasteiger partial charge is 0.486 e. The summed E-state index contributed by atoms with van der Waals surface area (Å²) in [6.45, 7) is 10.9. The SMILES string of the molecule is C=C(C)C1CC(C(=O)OCC)=C(C(C)(C)O)O1. The zero-order chi connectivity index (χ0) is 13.2. The molecule has 1 aliphatic heterocycles. The fourth-order valence-corrected chi connectivity index (χ4v) is 1.72. The van der Waals surface area contributed by atoms with Gasteiger partial charge < -0.3 is 14.6 Å². The van der Waals surface area contributed by atoms with Crippen LogP contribution in [0.1, 0.15) is 34.1 Å². The smallest absolute Gasteiger partial charge is 0.337 e. The van der Waals surface area contributed by atoms with Crippen LogP contribution >= 0.6 is 0 Å². The van der Waals surface area contributed by atoms with Crippen molar-refractivity contribution in [1.82, 2.24) is 0 Å². The van der Waals surface area contributed by atoms with Gasteiger partial charge >= 0.3 is 5.97 Å². The molecule has 0 spiro atoms. The van der Waals surface area contributed by atoms with E-state index >= 15 is 0 Å². The Morgan fingerprint density at radius 1 is 1.65 bits per heavy atom. The highest BCUT2D eigenvalue weighted by Crippen LogP contribution is 2.35. The van der Waals surface area contributed by atoms with E-state index in [0.717, 1.165) is 5.57 Å². The summed E-state index contributed by atoms with van der Waals surface area (Å²) >= 11 is 0. The normalized spacial score (nSPS) is 20.2. The average molecular weight is 240 g/mol. The highest BCUT2D eigenvalue weighted by atomic mass is 16.5. The number of ether oxygens (including phenoxy) is 2. The summed E-state index contributed by atoms with van der Waals surface area (Å²) in [6.07, 6.45) is 0.156. The molecule has 1 N–H and O–H groups in total. The van der Waals surface area contributed by atoms with E-state index in [2.05, 4.69) is 6.58 Å². The summed E-state index contributed by atoms with van der Waals surface area (Å²) in [5.74, 6) is -0.127. The predicted molar refractivity (Wildman–Crippen MR) is 64.3 cm³/mol. The lowest BCUT2D eigenvalue weighted by Gasteiger charge is -2.21. The molecule has 0 saturated heterocycles. The van der Waals surface area contributed by atoms with Gasteiger partial charge in [0.2, 0.25) is 0 Å². The summed E-state index contributed by atoms with van der Waals surface area (Å²) in [4.78, 5) is 11.8. The maximum atomic E-state index is 11.8. The molecule has 1 rings (SSSR count). The van der Waals surface area contributed by atoms with Crippen LogP contribution in [0, 0.1) is 0 Å². The number of esters is 1. The summed E-state index contributed by atoms with van der Waals surface area (Å²) in [5, 5.41) is 9.98. The molecule has 0 aromatic carbocycles. The number of carbonyl (C=O) groups is 1. The Labute approximate surface area is 102 Å². The van der Waals surface area contributed by atoms with E-state index < -0.39 is 11.6 Å². The van der Waals surface area contributed by atoms with Crippen LogP contribution in [-0.4, -0.2) is 29.4 Å². The summed E-state index contributed by atoms with van der Waals surface area (Å²) in [6, 6.07) is 0. The van der Waals surface area contributed by atoms with E-state index in [9.17, 15) is 9.90 Å². The van der Waals surface area contributed by atoms with Gasteiger partial charge in [0.15, 0.2) is 0 Å². The van der Waals surface area contributed by atoms with Crippen LogP contribution in [0.15, 0.2) is 23.5 Å². The van der Waals surface area contributed by atoms with Gasteiger partial charge in [-0.2, -0.15) is 0 Å². The molecule has 17 heavy (non-hydrogen) atoms. The number of rotatable bonds is 4. The Balaban J connectivity index is 3.00. The average Bonchev–Trinajstić information content (AvgIpc) is 2.61. The second kappa shape index (κ2) is 4.92. The zero-order valence-corrected chi connectivity index (χ0v) is 10.9. The van der Waals surface area contributed by atoms with Gasteiger partial charge in [0.05, 0.1) is 12.2 Å². The molecule has 0 aliphatic carbocycles. The third-order valence-corrected chi connectivity index (χ3v) is 2.55. The van der Waals surface area contributed by atoms with Crippen LogP contribution in [0.25, 0.3) is 0 Å². The van der Waals surface area contributed by atoms with Crippen LogP contribution in [-0.2, 0) is 14.3 Å². The van der Waals surface area contributed by atoms with Crippen LogP contribution in [0.4, 0.5) is 0 Å². The highest BCUT2D eigenvalue weighted by molar-refractivity contribution is 5.90. The molecule has 0 saturated carbocycles. The second-order valence-corrected chi connectivity index (χ2v) is 4.74. The van der Waals surface area contributed by atoms with Crippen molar-refractivity contribution in [1.29, 1.82) is 0 Å². The molecule has 1 atom stereocenters. The quantitative estimate of drug-likeness (QED) is 0.602. The third-order valence-electron chi connectivity index (χ3n) is 2.55. The first-order valence-corrected chi connectivity index (χ1v) is 5.72. The van der Waals surface area contributed by atoms with Gasteiger partial charge in [0.1, 0.15) is 17.5 Å². The fourth-order valence-electron chi connectivity index (χ4n) is 1.72. The Hall–Kier alpha value is -1.29. The lowest BCUT2D eigenvalue weighted by Crippen LogP contribution is -2.25. The van der Waals surface area contributed by atoms with Gasteiger partial charge in [0.25, 0.3) is 0 Å². The van der Waals surface area contributed by atoms with Gasteiger partial charge in [-0.05, 0) is 33.3 Å². The van der Waals surface area contributed by atoms with E-state index in [0.29, 0.717) is 24.4 Å². The molecule has 96 valence electrons. The minimum atomic E-state index is -1.19. The molecule has 1 aliphatic rings. The van der Waals surface area contributed by atoms with Crippen molar-refractivity contribution in [3.8, 4) is 0 Å². The Morgan fingerprint density at radius 3 is 2.65 bits per heavy atom. The lowest BCUT2D eigenvalue weighted by atomic mass is 10.00. The van der Waals surface area contributed by atoms with Crippen LogP contribution in [0.3, 0.4) is 0 Å². The summed E-state index contributed by atoms with van der Waals surface area (Å²) < 4.78 is 10.6. The molecule has 1 unspecified atom stereocenters. The molecule has 0 aromatic heterocycles. The fraction of sp³-hybridized carbons (Fsp3) is 0.615. The first-order chi connectivity index (χ1) is 7.77. The number of carbonyl (C=O) groups excluding carboxylic acids is 1. The Bertz CT molecular complexity index is 360. The maximum Gasteiger partial charge on any atom is 0.337 e. The van der Waals surface area contributed by atoms with E-state index in [1.165, 1.54) is 0 Å². The summed E-state index contributed by atoms with van der Waals surface area (Å²) in [7, 11) is 0. The highest BCUT2D eigenvalue weighted by Gasteiger charge is 2.38. The topological polar surface area (TPSA) is 55.8 Å². The van der Waals surface area contributed by atoms with Crippen molar-refractivity contribution >= 4 is 5.97 Å². The van der Waals surface area contributed by atoms with Crippen LogP contribution < -0.4 is 0 Å². The van der Waals surface area contributed by atoms with Crippen LogP contribution in [0.5, 0.6) is 0 Å². The third kappa shape index (κ3) is 3.09. The van der Waals surface area contributed by atoms with E-state index in [4.69, 9.17) is 9.47 Å². The van der Waals surface area contributed by atoms with Gasteiger partial charge in [-0.1, -0.05) is 6.58 Å². The second-order valence-electron chi connectivity index (χ2n) is 4.74. The predicted octanol–water partition coefficient (Wildman–Crippen LogP) is 1.94. The van der Waals surface area contributed by atoms with Gasteiger partial charge in [0, 0.05) is 6.42 Å². The molecule has 1 heterocycles. The Kier molecular flexibility index (Phi) is 3.98. The maximum absolute atomic E-state index is 11.8. The molecule has 4 heteroatoms. The minimum absolute atomic E-state index is 0.254. The minimum Gasteiger partial charge on any atom is -0.486 e. The standard InChI is InChI=1S/C13H20O4/c1-6-16-12(14)9-7-10(8(2)3)17-11(9)13(4,5)15/h10,15H,2,6-7H2,1,3-5H3. The molecule has 4 nitrogen and oxygen atoms in total. The molecule has 0 radical (unpaired) electrons. The van der Waals surface area contributed by atoms with Gasteiger partial charge in [-0.3, -0.25) is 0 Å². The van der Waals surface area contributed by atoms with Crippen LogP contribution in [0.2, 0.25) is 0 Å². The number of aliphatic hydroxyl groups is 1. The first kappa shape index (κ1) is 13.8. The molecule has 0 amide bonds. The van der Waals surface area contributed by atoms with Crippen molar-refractivity contribution in [2.75, 3.05) is 6.61 Å². The molecular weight excluding hydrogens is 220 g/mol. The molecule has 0 aromatic rings. The van der Waals surface area contributed by atoms with E-state index in [-0.39, 0.29) is 6.10 Å². The first-order valence-electron chi connectivity index (χ1n) is 5.72. The monoisotopic (exact) mass is 240 g/mol. The van der Waals surface area contributed by atoms with Crippen molar-refractivity contribution in [2.24, 2.45) is 0 Å². The summed E-state index contributed by atoms with van der Waals surface area (Å²) in [5.41, 5.74) is 0.0464. The van der Waals surface area contributed by atoms with Gasteiger partial charge in [-0.15, -0.1) is 0 Å². The molecule has 0 fully saturated rings. The molecular formula is C13H20O4. The van der Waals surface area contributed by atoms with E-state index in [1.54, 1.807) is 20.8 Å². The van der Waals surface area contributed by atoms with Crippen molar-refractivity contribution in [3.63, 3.8) is 0 Å². The van der Waals surface area contributed by atoms with Crippen molar-refractivity contribution < 1.29 is 19.4 Å². The van der Waals surface area contributed by atoms with Crippen molar-refractivity contribution in [2.45, 2.75) is 45.8 Å². The van der Waals surface area contributed by atoms with E-state index in [1.807, 2.05) is 6.92 Å². The molecule has 0 bridgehead atoms. The Morgan fingerprint density at radius 2 is 2.24 bits per heavy atom.